The minimum absolute atomic E-state index is 0.143. The van der Waals surface area contributed by atoms with Crippen molar-refractivity contribution < 1.29 is 22.7 Å². The number of carbonyl (C=O) groups excluding carboxylic acids is 1. The number of halogens is 3. The van der Waals surface area contributed by atoms with Crippen LogP contribution < -0.4 is 10.1 Å². The number of fused-ring (bicyclic) bond motifs is 1. The number of rotatable bonds is 6. The molecule has 1 N–H and O–H groups in total. The van der Waals surface area contributed by atoms with Crippen LogP contribution in [0.25, 0.3) is 16.7 Å². The third-order valence-electron chi connectivity index (χ3n) is 5.84. The van der Waals surface area contributed by atoms with E-state index in [-0.39, 0.29) is 18.0 Å². The van der Waals surface area contributed by atoms with Gasteiger partial charge in [0, 0.05) is 25.2 Å². The minimum atomic E-state index is -4.48. The molecule has 0 unspecified atom stereocenters. The van der Waals surface area contributed by atoms with Gasteiger partial charge in [0.25, 0.3) is 0 Å². The molecule has 1 amide bonds. The predicted molar refractivity (Wildman–Crippen MR) is 125 cm³/mol. The molecule has 0 radical (unpaired) electrons. The van der Waals surface area contributed by atoms with Gasteiger partial charge in [-0.1, -0.05) is 6.07 Å². The average molecular weight is 486 g/mol. The van der Waals surface area contributed by atoms with E-state index in [1.165, 1.54) is 16.8 Å². The van der Waals surface area contributed by atoms with Gasteiger partial charge < -0.3 is 10.1 Å². The van der Waals surface area contributed by atoms with Crippen LogP contribution in [-0.4, -0.2) is 37.6 Å². The Balaban J connectivity index is 1.56. The molecule has 3 aromatic heterocycles. The number of methoxy groups -OCH3 is 1. The number of anilines is 1. The lowest BCUT2D eigenvalue weighted by atomic mass is 10.00. The molecule has 8 nitrogen and oxygen atoms in total. The van der Waals surface area contributed by atoms with Gasteiger partial charge in [-0.25, -0.2) is 14.3 Å². The van der Waals surface area contributed by atoms with Crippen LogP contribution >= 0.6 is 0 Å². The summed E-state index contributed by atoms with van der Waals surface area (Å²) >= 11 is 0. The molecule has 0 saturated heterocycles. The number of nitrogens with zero attached hydrogens (tertiary/aromatic N) is 5. The minimum Gasteiger partial charge on any atom is -0.479 e. The molecular weight excluding hydrogens is 461 g/mol. The predicted octanol–water partition coefficient (Wildman–Crippen LogP) is 4.68. The Bertz CT molecular complexity index is 1420. The zero-order valence-electron chi connectivity index (χ0n) is 20.0. The van der Waals surface area contributed by atoms with Gasteiger partial charge in [0.1, 0.15) is 5.82 Å². The van der Waals surface area contributed by atoms with Crippen LogP contribution in [0.4, 0.5) is 19.0 Å². The van der Waals surface area contributed by atoms with E-state index in [9.17, 15) is 18.0 Å². The molecule has 0 fully saturated rings. The standard InChI is InChI=1S/C24H25F3N6O2/c1-13-11-19(33(30-13)17-8-6-7-16(12-17)24(25,26)27)29-20(34)10-9-18-14(2)21-22(28-15(18)3)32(4)31-23(21)35-5/h6-8,11-12H,9-10H2,1-5H3,(H,29,34). The summed E-state index contributed by atoms with van der Waals surface area (Å²) in [5.41, 5.74) is 3.32. The summed E-state index contributed by atoms with van der Waals surface area (Å²) in [6.07, 6.45) is -3.92. The van der Waals surface area contributed by atoms with E-state index < -0.39 is 11.7 Å². The second-order valence-corrected chi connectivity index (χ2v) is 8.31. The number of aryl methyl sites for hydroxylation is 4. The maximum absolute atomic E-state index is 13.2. The summed E-state index contributed by atoms with van der Waals surface area (Å²) in [6.45, 7) is 5.53. The Kier molecular flexibility index (Phi) is 6.27. The molecule has 0 aliphatic heterocycles. The third-order valence-corrected chi connectivity index (χ3v) is 5.84. The van der Waals surface area contributed by atoms with Crippen molar-refractivity contribution in [3.05, 3.63) is 58.4 Å². The number of benzene rings is 1. The molecule has 0 saturated carbocycles. The summed E-state index contributed by atoms with van der Waals surface area (Å²) in [5.74, 6) is 0.469. The second kappa shape index (κ2) is 9.05. The monoisotopic (exact) mass is 486 g/mol. The van der Waals surface area contributed by atoms with Crippen molar-refractivity contribution in [2.75, 3.05) is 12.4 Å². The smallest absolute Gasteiger partial charge is 0.416 e. The summed E-state index contributed by atoms with van der Waals surface area (Å²) in [5, 5.41) is 12.2. The van der Waals surface area contributed by atoms with Crippen LogP contribution in [0.5, 0.6) is 5.88 Å². The second-order valence-electron chi connectivity index (χ2n) is 8.31. The quantitative estimate of drug-likeness (QED) is 0.428. The number of hydrogen-bond acceptors (Lipinski definition) is 5. The largest absolute Gasteiger partial charge is 0.479 e. The van der Waals surface area contributed by atoms with Crippen molar-refractivity contribution in [3.8, 4) is 11.6 Å². The fourth-order valence-corrected chi connectivity index (χ4v) is 4.15. The number of hydrogen-bond donors (Lipinski definition) is 1. The first-order valence-electron chi connectivity index (χ1n) is 10.9. The summed E-state index contributed by atoms with van der Waals surface area (Å²) in [4.78, 5) is 17.5. The van der Waals surface area contributed by atoms with Gasteiger partial charge in [0.2, 0.25) is 11.8 Å². The van der Waals surface area contributed by atoms with E-state index in [4.69, 9.17) is 4.74 Å². The van der Waals surface area contributed by atoms with E-state index in [1.54, 1.807) is 31.8 Å². The van der Waals surface area contributed by atoms with Crippen LogP contribution in [0.1, 0.15) is 34.5 Å². The highest BCUT2D eigenvalue weighted by atomic mass is 19.4. The van der Waals surface area contributed by atoms with Gasteiger partial charge in [-0.3, -0.25) is 4.79 Å². The zero-order chi connectivity index (χ0) is 25.5. The molecule has 4 aromatic rings. The molecular formula is C24H25F3N6O2. The number of aromatic nitrogens is 5. The average Bonchev–Trinajstić information content (AvgIpc) is 3.32. The number of nitrogens with one attached hydrogen (secondary N) is 1. The van der Waals surface area contributed by atoms with Crippen LogP contribution in [0.3, 0.4) is 0 Å². The Morgan fingerprint density at radius 3 is 2.57 bits per heavy atom. The van der Waals surface area contributed by atoms with Gasteiger partial charge >= 0.3 is 6.18 Å². The molecule has 0 atom stereocenters. The molecule has 0 aliphatic rings. The molecule has 3 heterocycles. The number of pyridine rings is 1. The SMILES string of the molecule is COc1nn(C)c2nc(C)c(CCC(=O)Nc3cc(C)nn3-c3cccc(C(F)(F)F)c3)c(C)c12. The molecule has 4 rings (SSSR count). The van der Waals surface area contributed by atoms with E-state index in [2.05, 4.69) is 20.5 Å². The van der Waals surface area contributed by atoms with Crippen molar-refractivity contribution in [2.45, 2.75) is 39.8 Å². The highest BCUT2D eigenvalue weighted by Gasteiger charge is 2.30. The van der Waals surface area contributed by atoms with Gasteiger partial charge in [-0.2, -0.15) is 18.3 Å². The van der Waals surface area contributed by atoms with Crippen molar-refractivity contribution in [1.29, 1.82) is 0 Å². The Morgan fingerprint density at radius 2 is 1.89 bits per heavy atom. The van der Waals surface area contributed by atoms with Crippen LogP contribution in [-0.2, 0) is 24.4 Å². The summed E-state index contributed by atoms with van der Waals surface area (Å²) in [7, 11) is 3.34. The lowest BCUT2D eigenvalue weighted by Gasteiger charge is -2.13. The third kappa shape index (κ3) is 4.71. The highest BCUT2D eigenvalue weighted by molar-refractivity contribution is 5.91. The fraction of sp³-hybridized carbons (Fsp3) is 0.333. The Morgan fingerprint density at radius 1 is 1.14 bits per heavy atom. The number of ether oxygens (including phenoxy) is 1. The van der Waals surface area contributed by atoms with E-state index in [1.807, 2.05) is 13.8 Å². The molecule has 0 bridgehead atoms. The maximum Gasteiger partial charge on any atom is 0.416 e. The number of carbonyl (C=O) groups is 1. The maximum atomic E-state index is 13.2. The molecule has 184 valence electrons. The fourth-order valence-electron chi connectivity index (χ4n) is 4.15. The molecule has 35 heavy (non-hydrogen) atoms. The van der Waals surface area contributed by atoms with Gasteiger partial charge in [-0.05, 0) is 56.5 Å². The number of amides is 1. The highest BCUT2D eigenvalue weighted by Crippen LogP contribution is 2.32. The van der Waals surface area contributed by atoms with Crippen molar-refractivity contribution >= 4 is 22.8 Å². The van der Waals surface area contributed by atoms with Gasteiger partial charge in [0.15, 0.2) is 5.65 Å². The molecule has 0 aliphatic carbocycles. The van der Waals surface area contributed by atoms with Crippen LogP contribution in [0, 0.1) is 20.8 Å². The van der Waals surface area contributed by atoms with Crippen molar-refractivity contribution in [3.63, 3.8) is 0 Å². The van der Waals surface area contributed by atoms with Crippen molar-refractivity contribution in [2.24, 2.45) is 7.05 Å². The molecule has 0 spiro atoms. The zero-order valence-corrected chi connectivity index (χ0v) is 20.0. The van der Waals surface area contributed by atoms with Gasteiger partial charge in [0.05, 0.1) is 29.4 Å². The summed E-state index contributed by atoms with van der Waals surface area (Å²) < 4.78 is 47.8. The van der Waals surface area contributed by atoms with Crippen molar-refractivity contribution in [1.82, 2.24) is 24.5 Å². The van der Waals surface area contributed by atoms with Crippen LogP contribution in [0.15, 0.2) is 30.3 Å². The molecule has 11 heteroatoms. The molecule has 1 aromatic carbocycles. The normalized spacial score (nSPS) is 11.8. The Hall–Kier alpha value is -3.89. The van der Waals surface area contributed by atoms with Gasteiger partial charge in [-0.15, -0.1) is 5.10 Å². The lowest BCUT2D eigenvalue weighted by Crippen LogP contribution is -2.16. The van der Waals surface area contributed by atoms with Crippen LogP contribution in [0.2, 0.25) is 0 Å². The first-order chi connectivity index (χ1) is 16.5. The van der Waals surface area contributed by atoms with E-state index in [0.29, 0.717) is 29.5 Å². The summed E-state index contributed by atoms with van der Waals surface area (Å²) in [6, 6.07) is 6.42. The van der Waals surface area contributed by atoms with E-state index in [0.717, 1.165) is 34.3 Å². The first-order valence-corrected chi connectivity index (χ1v) is 10.9. The lowest BCUT2D eigenvalue weighted by molar-refractivity contribution is -0.137. The Labute approximate surface area is 199 Å². The topological polar surface area (TPSA) is 86.9 Å². The number of alkyl halides is 3. The first kappa shape index (κ1) is 24.2. The van der Waals surface area contributed by atoms with E-state index >= 15 is 0 Å².